The molecular formula is C25H48N4O14. The van der Waals surface area contributed by atoms with Crippen molar-refractivity contribution in [2.45, 2.75) is 111 Å². The topological polar surface area (TPSA) is 323 Å². The van der Waals surface area contributed by atoms with Crippen LogP contribution in [0.5, 0.6) is 0 Å². The summed E-state index contributed by atoms with van der Waals surface area (Å²) in [5.74, 6) is -2.02. The fourth-order valence-corrected chi connectivity index (χ4v) is 5.85. The number of nitrogens with two attached hydrogens (primary N) is 2. The smallest absolute Gasteiger partial charge is 0.249 e. The molecule has 3 fully saturated rings. The van der Waals surface area contributed by atoms with Crippen molar-refractivity contribution in [3.05, 3.63) is 0 Å². The maximum Gasteiger partial charge on any atom is 0.249 e. The zero-order valence-corrected chi connectivity index (χ0v) is 23.7. The van der Waals surface area contributed by atoms with Crippen LogP contribution in [0.25, 0.3) is 0 Å². The molecular weight excluding hydrogens is 580 g/mol. The van der Waals surface area contributed by atoms with Crippen molar-refractivity contribution in [1.82, 2.24) is 10.6 Å². The highest BCUT2D eigenvalue weighted by Crippen LogP contribution is 2.37. The van der Waals surface area contributed by atoms with Gasteiger partial charge in [-0.3, -0.25) is 4.79 Å². The quantitative estimate of drug-likeness (QED) is 0.0900. The van der Waals surface area contributed by atoms with E-state index in [1.165, 1.54) is 0 Å². The maximum atomic E-state index is 12.7. The van der Waals surface area contributed by atoms with Crippen LogP contribution in [-0.2, 0) is 19.0 Å². The standard InChI is InChI=1S/C25H48N4O14/c26-2-1-12(33)24(40)29-11-3-10(27)17(19(37)22(11)43-25-14(35)4-13(34)16(8-31)42-25)23-21(39)20(38)18(36)15(41-23)6-28-5-9(32)7-30/h9-23,25,28,30-39H,1-8,26-27H2,(H,29,40)/t9?,10-,11+,12-,13-,14+,15+,16+,17?,18+,19-,20-,21+,22-,23+,25+/m0/s1. The minimum Gasteiger partial charge on any atom is -0.394 e. The molecule has 0 spiro atoms. The van der Waals surface area contributed by atoms with E-state index in [1.54, 1.807) is 0 Å². The van der Waals surface area contributed by atoms with E-state index in [4.69, 9.17) is 30.8 Å². The lowest BCUT2D eigenvalue weighted by Crippen LogP contribution is -2.70. The highest BCUT2D eigenvalue weighted by molar-refractivity contribution is 5.80. The van der Waals surface area contributed by atoms with Gasteiger partial charge in [0.05, 0.1) is 49.8 Å². The van der Waals surface area contributed by atoms with E-state index in [0.717, 1.165) is 0 Å². The summed E-state index contributed by atoms with van der Waals surface area (Å²) in [5.41, 5.74) is 11.9. The largest absolute Gasteiger partial charge is 0.394 e. The normalized spacial score (nSPS) is 43.6. The first-order valence-corrected chi connectivity index (χ1v) is 14.4. The molecule has 0 bridgehead atoms. The Balaban J connectivity index is 1.86. The Kier molecular flexibility index (Phi) is 13.9. The molecule has 2 unspecified atom stereocenters. The predicted molar refractivity (Wildman–Crippen MR) is 144 cm³/mol. The van der Waals surface area contributed by atoms with Crippen LogP contribution >= 0.6 is 0 Å². The van der Waals surface area contributed by atoms with Gasteiger partial charge in [0.25, 0.3) is 0 Å². The first-order chi connectivity index (χ1) is 20.3. The van der Waals surface area contributed by atoms with E-state index in [1.807, 2.05) is 0 Å². The average molecular weight is 629 g/mol. The molecule has 3 aliphatic rings. The Bertz CT molecular complexity index is 865. The fourth-order valence-electron chi connectivity index (χ4n) is 5.85. The second-order valence-corrected chi connectivity index (χ2v) is 11.5. The van der Waals surface area contributed by atoms with E-state index in [9.17, 15) is 50.8 Å². The van der Waals surface area contributed by atoms with Crippen LogP contribution in [0.3, 0.4) is 0 Å². The molecule has 0 radical (unpaired) electrons. The lowest BCUT2D eigenvalue weighted by atomic mass is 9.72. The number of aliphatic hydroxyl groups excluding tert-OH is 10. The monoisotopic (exact) mass is 628 g/mol. The molecule has 0 aromatic rings. The summed E-state index contributed by atoms with van der Waals surface area (Å²) in [6, 6.07) is -2.09. The number of amides is 1. The van der Waals surface area contributed by atoms with Gasteiger partial charge in [-0.25, -0.2) is 0 Å². The molecule has 0 aromatic carbocycles. The van der Waals surface area contributed by atoms with Gasteiger partial charge in [0.15, 0.2) is 6.29 Å². The number of carbonyl (C=O) groups excluding carboxylic acids is 1. The van der Waals surface area contributed by atoms with Gasteiger partial charge in [0.1, 0.15) is 42.7 Å². The third kappa shape index (κ3) is 8.76. The first-order valence-electron chi connectivity index (χ1n) is 14.4. The molecule has 2 heterocycles. The summed E-state index contributed by atoms with van der Waals surface area (Å²) in [6.45, 7) is -1.31. The van der Waals surface area contributed by atoms with Crippen molar-refractivity contribution in [3.8, 4) is 0 Å². The SMILES string of the molecule is NCC[C@H](O)C(=O)N[C@@H]1C[C@H](N)C([C@H]2O[C@H](CNCC(O)CO)[C@@H](O)[C@H](O)[C@H]2O)[C@H](O)[C@H]1O[C@H]1O[C@H](CO)[C@@H](O)C[C@H]1O. The number of hydrogen-bond donors (Lipinski definition) is 14. The molecule has 18 heteroatoms. The molecule has 16 atom stereocenters. The van der Waals surface area contributed by atoms with Crippen LogP contribution < -0.4 is 22.1 Å². The van der Waals surface area contributed by atoms with Crippen LogP contribution in [0.4, 0.5) is 0 Å². The highest BCUT2D eigenvalue weighted by atomic mass is 16.7. The second-order valence-electron chi connectivity index (χ2n) is 11.5. The van der Waals surface area contributed by atoms with Crippen LogP contribution in [-0.4, -0.2) is 181 Å². The van der Waals surface area contributed by atoms with Gasteiger partial charge in [0.2, 0.25) is 5.91 Å². The van der Waals surface area contributed by atoms with Crippen molar-refractivity contribution >= 4 is 5.91 Å². The number of carbonyl (C=O) groups is 1. The predicted octanol–water partition coefficient (Wildman–Crippen LogP) is -8.10. The van der Waals surface area contributed by atoms with Crippen molar-refractivity contribution in [2.24, 2.45) is 17.4 Å². The van der Waals surface area contributed by atoms with Gasteiger partial charge in [-0.15, -0.1) is 0 Å². The first kappa shape index (κ1) is 36.3. The minimum absolute atomic E-state index is 0.0104. The molecule has 43 heavy (non-hydrogen) atoms. The van der Waals surface area contributed by atoms with Crippen molar-refractivity contribution in [2.75, 3.05) is 32.8 Å². The van der Waals surface area contributed by atoms with E-state index in [2.05, 4.69) is 10.6 Å². The highest BCUT2D eigenvalue weighted by Gasteiger charge is 2.55. The lowest BCUT2D eigenvalue weighted by Gasteiger charge is -2.51. The molecule has 18 nitrogen and oxygen atoms in total. The van der Waals surface area contributed by atoms with Crippen LogP contribution in [0.2, 0.25) is 0 Å². The Morgan fingerprint density at radius 2 is 1.63 bits per heavy atom. The Labute approximate surface area is 248 Å². The number of hydrogen-bond acceptors (Lipinski definition) is 17. The number of ether oxygens (including phenoxy) is 3. The summed E-state index contributed by atoms with van der Waals surface area (Å²) in [5, 5.41) is 108. The molecule has 3 rings (SSSR count). The number of nitrogens with one attached hydrogen (secondary N) is 2. The number of aliphatic hydroxyl groups is 10. The Hall–Kier alpha value is -1.17. The Morgan fingerprint density at radius 1 is 0.930 bits per heavy atom. The zero-order valence-electron chi connectivity index (χ0n) is 23.7. The number of rotatable bonds is 13. The van der Waals surface area contributed by atoms with Crippen LogP contribution in [0, 0.1) is 5.92 Å². The van der Waals surface area contributed by atoms with E-state index < -0.39 is 117 Å². The molecule has 1 saturated carbocycles. The molecule has 2 saturated heterocycles. The van der Waals surface area contributed by atoms with Gasteiger partial charge < -0.3 is 87.4 Å². The molecule has 2 aliphatic heterocycles. The lowest BCUT2D eigenvalue weighted by molar-refractivity contribution is -0.306. The van der Waals surface area contributed by atoms with Gasteiger partial charge in [0, 0.05) is 31.5 Å². The molecule has 16 N–H and O–H groups in total. The van der Waals surface area contributed by atoms with Crippen molar-refractivity contribution in [1.29, 1.82) is 0 Å². The van der Waals surface area contributed by atoms with Gasteiger partial charge in [-0.1, -0.05) is 0 Å². The van der Waals surface area contributed by atoms with Gasteiger partial charge >= 0.3 is 0 Å². The molecule has 1 amide bonds. The van der Waals surface area contributed by atoms with Gasteiger partial charge in [-0.2, -0.15) is 0 Å². The van der Waals surface area contributed by atoms with Crippen LogP contribution in [0.15, 0.2) is 0 Å². The minimum atomic E-state index is -1.73. The summed E-state index contributed by atoms with van der Waals surface area (Å²) < 4.78 is 17.4. The van der Waals surface area contributed by atoms with Gasteiger partial charge in [-0.05, 0) is 19.4 Å². The maximum absolute atomic E-state index is 12.7. The Morgan fingerprint density at radius 3 is 2.26 bits per heavy atom. The average Bonchev–Trinajstić information content (AvgIpc) is 2.96. The fraction of sp³-hybridized carbons (Fsp3) is 0.960. The molecule has 252 valence electrons. The molecule has 0 aromatic heterocycles. The molecule has 1 aliphatic carbocycles. The third-order valence-corrected chi connectivity index (χ3v) is 8.29. The summed E-state index contributed by atoms with van der Waals surface area (Å²) in [6.07, 6.45) is -18.8. The summed E-state index contributed by atoms with van der Waals surface area (Å²) >= 11 is 0. The van der Waals surface area contributed by atoms with E-state index >= 15 is 0 Å². The summed E-state index contributed by atoms with van der Waals surface area (Å²) in [4.78, 5) is 12.7. The van der Waals surface area contributed by atoms with Crippen molar-refractivity contribution < 1.29 is 70.1 Å². The van der Waals surface area contributed by atoms with E-state index in [0.29, 0.717) is 0 Å². The van der Waals surface area contributed by atoms with Crippen molar-refractivity contribution in [3.63, 3.8) is 0 Å². The third-order valence-electron chi connectivity index (χ3n) is 8.29. The van der Waals surface area contributed by atoms with E-state index in [-0.39, 0.29) is 38.9 Å². The van der Waals surface area contributed by atoms with Crippen LogP contribution in [0.1, 0.15) is 19.3 Å². The summed E-state index contributed by atoms with van der Waals surface area (Å²) in [7, 11) is 0. The second kappa shape index (κ2) is 16.4. The zero-order chi connectivity index (χ0) is 32.0.